The summed E-state index contributed by atoms with van der Waals surface area (Å²) in [4.78, 5) is 0. The van der Waals surface area contributed by atoms with Crippen molar-refractivity contribution in [3.8, 4) is 0 Å². The topological polar surface area (TPSA) is 21.3 Å². The van der Waals surface area contributed by atoms with Crippen LogP contribution in [-0.2, 0) is 4.74 Å². The van der Waals surface area contributed by atoms with Crippen LogP contribution < -0.4 is 5.32 Å². The molecule has 0 fully saturated rings. The van der Waals surface area contributed by atoms with Gasteiger partial charge in [-0.25, -0.2) is 0 Å². The SMILES string of the molecule is CCCNC(c1cc(C)ccc1C)C(C)CCOC. The van der Waals surface area contributed by atoms with Gasteiger partial charge in [0.2, 0.25) is 0 Å². The second-order valence-electron chi connectivity index (χ2n) is 5.55. The number of aryl methyl sites for hydroxylation is 2. The molecule has 0 saturated carbocycles. The number of ether oxygens (including phenoxy) is 1. The van der Waals surface area contributed by atoms with Crippen molar-refractivity contribution in [2.24, 2.45) is 5.92 Å². The highest BCUT2D eigenvalue weighted by atomic mass is 16.5. The van der Waals surface area contributed by atoms with Gasteiger partial charge in [-0.05, 0) is 50.3 Å². The first-order valence-corrected chi connectivity index (χ1v) is 7.39. The molecule has 2 nitrogen and oxygen atoms in total. The average Bonchev–Trinajstić information content (AvgIpc) is 2.40. The molecule has 0 amide bonds. The molecule has 108 valence electrons. The Kier molecular flexibility index (Phi) is 7.11. The third-order valence-corrected chi connectivity index (χ3v) is 3.73. The van der Waals surface area contributed by atoms with Crippen LogP contribution in [0.25, 0.3) is 0 Å². The molecule has 19 heavy (non-hydrogen) atoms. The number of methoxy groups -OCH3 is 1. The van der Waals surface area contributed by atoms with Crippen molar-refractivity contribution >= 4 is 0 Å². The predicted octanol–water partition coefficient (Wildman–Crippen LogP) is 4.02. The summed E-state index contributed by atoms with van der Waals surface area (Å²) in [5.41, 5.74) is 4.16. The molecule has 1 N–H and O–H groups in total. The van der Waals surface area contributed by atoms with Crippen LogP contribution in [0, 0.1) is 19.8 Å². The molecular formula is C17H29NO. The predicted molar refractivity (Wildman–Crippen MR) is 82.6 cm³/mol. The summed E-state index contributed by atoms with van der Waals surface area (Å²) in [6.45, 7) is 10.8. The van der Waals surface area contributed by atoms with E-state index in [0.29, 0.717) is 12.0 Å². The molecule has 0 spiro atoms. The lowest BCUT2D eigenvalue weighted by Crippen LogP contribution is -2.29. The van der Waals surface area contributed by atoms with Crippen LogP contribution >= 0.6 is 0 Å². The van der Waals surface area contributed by atoms with E-state index in [0.717, 1.165) is 19.6 Å². The summed E-state index contributed by atoms with van der Waals surface area (Å²) in [6.07, 6.45) is 2.25. The maximum Gasteiger partial charge on any atom is 0.0465 e. The van der Waals surface area contributed by atoms with Crippen molar-refractivity contribution < 1.29 is 4.74 Å². The Morgan fingerprint density at radius 3 is 2.63 bits per heavy atom. The number of hydrogen-bond donors (Lipinski definition) is 1. The van der Waals surface area contributed by atoms with Crippen LogP contribution in [-0.4, -0.2) is 20.3 Å². The second-order valence-corrected chi connectivity index (χ2v) is 5.55. The highest BCUT2D eigenvalue weighted by Gasteiger charge is 2.20. The monoisotopic (exact) mass is 263 g/mol. The Hall–Kier alpha value is -0.860. The van der Waals surface area contributed by atoms with Crippen molar-refractivity contribution in [3.05, 3.63) is 34.9 Å². The summed E-state index contributed by atoms with van der Waals surface area (Å²) in [6, 6.07) is 7.17. The van der Waals surface area contributed by atoms with Gasteiger partial charge in [-0.1, -0.05) is 37.6 Å². The third-order valence-electron chi connectivity index (χ3n) is 3.73. The van der Waals surface area contributed by atoms with E-state index in [9.17, 15) is 0 Å². The Bertz CT molecular complexity index is 376. The van der Waals surface area contributed by atoms with Crippen LogP contribution in [0.2, 0.25) is 0 Å². The zero-order valence-electron chi connectivity index (χ0n) is 13.1. The zero-order chi connectivity index (χ0) is 14.3. The van der Waals surface area contributed by atoms with E-state index in [2.05, 4.69) is 51.2 Å². The molecule has 0 bridgehead atoms. The molecule has 1 rings (SSSR count). The van der Waals surface area contributed by atoms with E-state index in [1.165, 1.54) is 23.1 Å². The van der Waals surface area contributed by atoms with E-state index in [4.69, 9.17) is 4.74 Å². The second kappa shape index (κ2) is 8.34. The minimum absolute atomic E-state index is 0.426. The zero-order valence-corrected chi connectivity index (χ0v) is 13.1. The first-order valence-electron chi connectivity index (χ1n) is 7.39. The maximum atomic E-state index is 5.23. The van der Waals surface area contributed by atoms with Gasteiger partial charge >= 0.3 is 0 Å². The molecular weight excluding hydrogens is 234 g/mol. The lowest BCUT2D eigenvalue weighted by molar-refractivity contribution is 0.170. The fourth-order valence-electron chi connectivity index (χ4n) is 2.48. The first kappa shape index (κ1) is 16.2. The van der Waals surface area contributed by atoms with Crippen LogP contribution in [0.15, 0.2) is 18.2 Å². The van der Waals surface area contributed by atoms with Crippen LogP contribution in [0.1, 0.15) is 49.4 Å². The lowest BCUT2D eigenvalue weighted by atomic mass is 9.88. The Labute approximate surface area is 118 Å². The summed E-state index contributed by atoms with van der Waals surface area (Å²) in [7, 11) is 1.78. The fraction of sp³-hybridized carbons (Fsp3) is 0.647. The van der Waals surface area contributed by atoms with Crippen molar-refractivity contribution in [3.63, 3.8) is 0 Å². The minimum Gasteiger partial charge on any atom is -0.385 e. The third kappa shape index (κ3) is 4.96. The Morgan fingerprint density at radius 2 is 2.00 bits per heavy atom. The normalized spacial score (nSPS) is 14.4. The van der Waals surface area contributed by atoms with Gasteiger partial charge in [0.25, 0.3) is 0 Å². The molecule has 0 aliphatic rings. The molecule has 0 heterocycles. The fourth-order valence-corrected chi connectivity index (χ4v) is 2.48. The summed E-state index contributed by atoms with van der Waals surface area (Å²) >= 11 is 0. The van der Waals surface area contributed by atoms with Crippen LogP contribution in [0.5, 0.6) is 0 Å². The molecule has 0 aliphatic heterocycles. The molecule has 0 aliphatic carbocycles. The van der Waals surface area contributed by atoms with E-state index in [1.807, 2.05) is 0 Å². The molecule has 1 aromatic rings. The molecule has 0 radical (unpaired) electrons. The smallest absolute Gasteiger partial charge is 0.0465 e. The van der Waals surface area contributed by atoms with E-state index >= 15 is 0 Å². The van der Waals surface area contributed by atoms with Crippen molar-refractivity contribution in [1.82, 2.24) is 5.32 Å². The van der Waals surface area contributed by atoms with Crippen LogP contribution in [0.3, 0.4) is 0 Å². The lowest BCUT2D eigenvalue weighted by Gasteiger charge is -2.27. The minimum atomic E-state index is 0.426. The molecule has 2 unspecified atom stereocenters. The van der Waals surface area contributed by atoms with Gasteiger partial charge in [-0.2, -0.15) is 0 Å². The number of benzene rings is 1. The van der Waals surface area contributed by atoms with Crippen molar-refractivity contribution in [2.75, 3.05) is 20.3 Å². The Morgan fingerprint density at radius 1 is 1.26 bits per heavy atom. The highest BCUT2D eigenvalue weighted by Crippen LogP contribution is 2.28. The average molecular weight is 263 g/mol. The molecule has 2 atom stereocenters. The van der Waals surface area contributed by atoms with Gasteiger partial charge in [0.15, 0.2) is 0 Å². The van der Waals surface area contributed by atoms with Gasteiger partial charge < -0.3 is 10.1 Å². The molecule has 2 heteroatoms. The molecule has 0 saturated heterocycles. The van der Waals surface area contributed by atoms with E-state index in [1.54, 1.807) is 7.11 Å². The molecule has 0 aromatic heterocycles. The van der Waals surface area contributed by atoms with Crippen LogP contribution in [0.4, 0.5) is 0 Å². The van der Waals surface area contributed by atoms with E-state index in [-0.39, 0.29) is 0 Å². The quantitative estimate of drug-likeness (QED) is 0.765. The number of hydrogen-bond acceptors (Lipinski definition) is 2. The van der Waals surface area contributed by atoms with Gasteiger partial charge in [-0.3, -0.25) is 0 Å². The Balaban J connectivity index is 2.91. The molecule has 1 aromatic carbocycles. The highest BCUT2D eigenvalue weighted by molar-refractivity contribution is 5.33. The van der Waals surface area contributed by atoms with Crippen molar-refractivity contribution in [1.29, 1.82) is 0 Å². The number of rotatable bonds is 8. The van der Waals surface area contributed by atoms with E-state index < -0.39 is 0 Å². The van der Waals surface area contributed by atoms with Gasteiger partial charge in [0, 0.05) is 19.8 Å². The first-order chi connectivity index (χ1) is 9.10. The maximum absolute atomic E-state index is 5.23. The summed E-state index contributed by atoms with van der Waals surface area (Å²) in [5.74, 6) is 0.576. The van der Waals surface area contributed by atoms with Gasteiger partial charge in [0.05, 0.1) is 0 Å². The van der Waals surface area contributed by atoms with Gasteiger partial charge in [0.1, 0.15) is 0 Å². The van der Waals surface area contributed by atoms with Gasteiger partial charge in [-0.15, -0.1) is 0 Å². The summed E-state index contributed by atoms with van der Waals surface area (Å²) < 4.78 is 5.23. The number of nitrogens with one attached hydrogen (secondary N) is 1. The largest absolute Gasteiger partial charge is 0.385 e. The summed E-state index contributed by atoms with van der Waals surface area (Å²) in [5, 5.41) is 3.71. The van der Waals surface area contributed by atoms with Crippen molar-refractivity contribution in [2.45, 2.75) is 46.6 Å². The standard InChI is InChI=1S/C17H29NO/c1-6-10-18-17(15(4)9-11-19-5)16-12-13(2)7-8-14(16)3/h7-8,12,15,17-18H,6,9-11H2,1-5H3.